The van der Waals surface area contributed by atoms with Gasteiger partial charge in [-0.15, -0.1) is 0 Å². The maximum Gasteiger partial charge on any atom is 0.266 e. The fourth-order valence-electron chi connectivity index (χ4n) is 4.27. The normalized spacial score (nSPS) is 18.9. The number of rotatable bonds is 11. The Morgan fingerprint density at radius 1 is 1.33 bits per heavy atom. The molecule has 2 aromatic rings. The first kappa shape index (κ1) is 26.1. The van der Waals surface area contributed by atoms with Crippen molar-refractivity contribution in [1.82, 2.24) is 9.36 Å². The van der Waals surface area contributed by atoms with Crippen LogP contribution in [0.1, 0.15) is 32.6 Å². The first-order valence-electron chi connectivity index (χ1n) is 10.2. The van der Waals surface area contributed by atoms with E-state index in [1.165, 1.54) is 6.33 Å². The molecular formula is C19H26BrF3N6O2S2. The van der Waals surface area contributed by atoms with Crippen molar-refractivity contribution in [1.29, 1.82) is 0 Å². The lowest BCUT2D eigenvalue weighted by Gasteiger charge is -2.49. The molecule has 1 aromatic heterocycles. The highest BCUT2D eigenvalue weighted by Crippen LogP contribution is 2.57. The molecule has 14 heteroatoms. The van der Waals surface area contributed by atoms with Gasteiger partial charge in [0.2, 0.25) is 11.1 Å². The van der Waals surface area contributed by atoms with Gasteiger partial charge in [0.15, 0.2) is 0 Å². The summed E-state index contributed by atoms with van der Waals surface area (Å²) in [4.78, 5) is 3.17. The minimum atomic E-state index is -4.21. The molecule has 1 unspecified atom stereocenters. The maximum absolute atomic E-state index is 14.7. The van der Waals surface area contributed by atoms with Gasteiger partial charge < -0.3 is 16.8 Å². The minimum Gasteiger partial charge on any atom is -0.384 e. The zero-order valence-electron chi connectivity index (χ0n) is 17.8. The molecule has 184 valence electrons. The summed E-state index contributed by atoms with van der Waals surface area (Å²) >= 11 is 4.09. The van der Waals surface area contributed by atoms with E-state index in [0.29, 0.717) is 36.1 Å². The van der Waals surface area contributed by atoms with Crippen LogP contribution in [0.25, 0.3) is 0 Å². The monoisotopic (exact) mass is 570 g/mol. The highest BCUT2D eigenvalue weighted by atomic mass is 79.9. The van der Waals surface area contributed by atoms with Crippen LogP contribution < -0.4 is 21.5 Å². The van der Waals surface area contributed by atoms with E-state index in [1.807, 2.05) is 0 Å². The second kappa shape index (κ2) is 10.0. The molecule has 0 aliphatic heterocycles. The number of nitrogens with one attached hydrogen (secondary N) is 2. The molecule has 33 heavy (non-hydrogen) atoms. The Labute approximate surface area is 203 Å². The third-order valence-electron chi connectivity index (χ3n) is 5.83. The van der Waals surface area contributed by atoms with Crippen LogP contribution in [-0.2, 0) is 10.0 Å². The molecule has 0 bridgehead atoms. The first-order chi connectivity index (χ1) is 15.4. The van der Waals surface area contributed by atoms with Crippen molar-refractivity contribution < 1.29 is 21.6 Å². The molecule has 2 atom stereocenters. The predicted molar refractivity (Wildman–Crippen MR) is 125 cm³/mol. The third-order valence-corrected chi connectivity index (χ3v) is 8.55. The molecule has 1 aliphatic rings. The lowest BCUT2D eigenvalue weighted by atomic mass is 9.59. The molecule has 0 radical (unpaired) electrons. The molecule has 1 aromatic carbocycles. The van der Waals surface area contributed by atoms with Crippen LogP contribution in [0, 0.1) is 17.2 Å². The number of hydrogen-bond acceptors (Lipinski definition) is 8. The van der Waals surface area contributed by atoms with Crippen LogP contribution in [0.2, 0.25) is 0 Å². The topological polar surface area (TPSA) is 136 Å². The number of nitrogens with two attached hydrogens (primary N) is 2. The Hall–Kier alpha value is -1.48. The lowest BCUT2D eigenvalue weighted by Crippen LogP contribution is -2.50. The summed E-state index contributed by atoms with van der Waals surface area (Å²) in [7, 11) is -4.21. The molecule has 8 nitrogen and oxygen atoms in total. The number of anilines is 2. The Morgan fingerprint density at radius 3 is 2.58 bits per heavy atom. The summed E-state index contributed by atoms with van der Waals surface area (Å²) < 4.78 is 73.2. The van der Waals surface area contributed by atoms with E-state index in [0.717, 1.165) is 23.7 Å². The number of sulfonamides is 1. The molecule has 1 saturated carbocycles. The maximum atomic E-state index is 14.7. The summed E-state index contributed by atoms with van der Waals surface area (Å²) in [6.45, 7) is 2.40. The Morgan fingerprint density at radius 2 is 2.03 bits per heavy atom. The lowest BCUT2D eigenvalue weighted by molar-refractivity contribution is -0.170. The van der Waals surface area contributed by atoms with Crippen LogP contribution in [0.3, 0.4) is 0 Å². The third kappa shape index (κ3) is 6.35. The van der Waals surface area contributed by atoms with Crippen molar-refractivity contribution in [2.45, 2.75) is 49.5 Å². The average molecular weight is 571 g/mol. The van der Waals surface area contributed by atoms with Crippen molar-refractivity contribution in [3.63, 3.8) is 0 Å². The SMILES string of the molecule is C[C@@H](N)C(CNc1cc(F)c(S(=O)(=O)Nc2ncns2)cc1Br)CC1(CCN)CC(F)(F)C1. The molecule has 3 rings (SSSR count). The van der Waals surface area contributed by atoms with Crippen LogP contribution >= 0.6 is 27.5 Å². The van der Waals surface area contributed by atoms with Crippen LogP contribution in [-0.4, -0.2) is 42.8 Å². The van der Waals surface area contributed by atoms with Gasteiger partial charge in [0.1, 0.15) is 17.0 Å². The van der Waals surface area contributed by atoms with Gasteiger partial charge in [0.05, 0.1) is 5.69 Å². The number of benzene rings is 1. The van der Waals surface area contributed by atoms with Gasteiger partial charge in [-0.3, -0.25) is 4.72 Å². The smallest absolute Gasteiger partial charge is 0.266 e. The van der Waals surface area contributed by atoms with E-state index in [2.05, 4.69) is 35.3 Å². The molecule has 0 spiro atoms. The number of nitrogens with zero attached hydrogens (tertiary/aromatic N) is 2. The summed E-state index contributed by atoms with van der Waals surface area (Å²) in [6, 6.07) is 1.90. The standard InChI is InChI=1S/C19H26BrF3N6O2S2/c1-11(25)12(6-18(2-3-24)8-19(22,23)9-18)7-26-15-5-14(21)16(4-13(15)20)33(30,31)29-17-27-10-28-32-17/h4-5,10-12,26H,2-3,6-9,24-25H2,1H3,(H,27,28,29)/t11-,12?/m1/s1. The predicted octanol–water partition coefficient (Wildman–Crippen LogP) is 3.77. The number of alkyl halides is 2. The van der Waals surface area contributed by atoms with Gasteiger partial charge in [-0.05, 0) is 65.7 Å². The van der Waals surface area contributed by atoms with Crippen molar-refractivity contribution in [2.24, 2.45) is 22.8 Å². The summed E-state index contributed by atoms with van der Waals surface area (Å²) in [6.07, 6.45) is 1.69. The molecule has 0 amide bonds. The van der Waals surface area contributed by atoms with Crippen molar-refractivity contribution in [3.05, 3.63) is 28.7 Å². The Bertz CT molecular complexity index is 1060. The number of halogens is 4. The zero-order chi connectivity index (χ0) is 24.4. The second-order valence-electron chi connectivity index (χ2n) is 8.57. The summed E-state index contributed by atoms with van der Waals surface area (Å²) in [5.74, 6) is -3.82. The molecular weight excluding hydrogens is 545 g/mol. The highest BCUT2D eigenvalue weighted by Gasteiger charge is 2.56. The van der Waals surface area contributed by atoms with Gasteiger partial charge in [-0.1, -0.05) is 0 Å². The van der Waals surface area contributed by atoms with Gasteiger partial charge in [-0.25, -0.2) is 26.6 Å². The molecule has 1 aliphatic carbocycles. The zero-order valence-corrected chi connectivity index (χ0v) is 21.0. The van der Waals surface area contributed by atoms with E-state index >= 15 is 0 Å². The van der Waals surface area contributed by atoms with Gasteiger partial charge >= 0.3 is 0 Å². The summed E-state index contributed by atoms with van der Waals surface area (Å²) in [5, 5.41) is 3.09. The largest absolute Gasteiger partial charge is 0.384 e. The van der Waals surface area contributed by atoms with Gasteiger partial charge in [0, 0.05) is 41.4 Å². The minimum absolute atomic E-state index is 0.0143. The van der Waals surface area contributed by atoms with Crippen molar-refractivity contribution in [3.8, 4) is 0 Å². The highest BCUT2D eigenvalue weighted by molar-refractivity contribution is 9.10. The van der Waals surface area contributed by atoms with Crippen LogP contribution in [0.5, 0.6) is 0 Å². The Kier molecular flexibility index (Phi) is 7.93. The van der Waals surface area contributed by atoms with E-state index in [4.69, 9.17) is 11.5 Å². The van der Waals surface area contributed by atoms with E-state index in [-0.39, 0.29) is 29.9 Å². The van der Waals surface area contributed by atoms with Gasteiger partial charge in [0.25, 0.3) is 10.0 Å². The Balaban J connectivity index is 1.72. The van der Waals surface area contributed by atoms with E-state index in [1.54, 1.807) is 6.92 Å². The fraction of sp³-hybridized carbons (Fsp3) is 0.579. The quantitative estimate of drug-likeness (QED) is 0.323. The van der Waals surface area contributed by atoms with Crippen molar-refractivity contribution >= 4 is 48.3 Å². The van der Waals surface area contributed by atoms with Crippen LogP contribution in [0.15, 0.2) is 27.8 Å². The van der Waals surface area contributed by atoms with E-state index < -0.39 is 32.1 Å². The van der Waals surface area contributed by atoms with Gasteiger partial charge in [-0.2, -0.15) is 4.37 Å². The van der Waals surface area contributed by atoms with Crippen LogP contribution in [0.4, 0.5) is 24.0 Å². The second-order valence-corrected chi connectivity index (χ2v) is 11.9. The molecule has 1 fully saturated rings. The van der Waals surface area contributed by atoms with E-state index in [9.17, 15) is 21.6 Å². The van der Waals surface area contributed by atoms with Crippen molar-refractivity contribution in [2.75, 3.05) is 23.1 Å². The number of aromatic nitrogens is 2. The number of hydrogen-bond donors (Lipinski definition) is 4. The molecule has 0 saturated heterocycles. The average Bonchev–Trinajstić information content (AvgIpc) is 3.17. The fourth-order valence-corrected chi connectivity index (χ4v) is 6.66. The molecule has 1 heterocycles. The first-order valence-corrected chi connectivity index (χ1v) is 13.3. The summed E-state index contributed by atoms with van der Waals surface area (Å²) in [5.41, 5.74) is 11.5. The molecule has 6 N–H and O–H groups in total.